The van der Waals surface area contributed by atoms with Gasteiger partial charge in [-0.05, 0) is 0 Å². The van der Waals surface area contributed by atoms with Crippen LogP contribution in [0, 0.1) is 0 Å². The summed E-state index contributed by atoms with van der Waals surface area (Å²) in [5.41, 5.74) is 0. The molecule has 6 nitrogen and oxygen atoms in total. The average Bonchev–Trinajstić information content (AvgIpc) is 1.98. The summed E-state index contributed by atoms with van der Waals surface area (Å²) < 4.78 is 4.08. The fourth-order valence-corrected chi connectivity index (χ4v) is 0.421. The molecule has 0 bridgehead atoms. The van der Waals surface area contributed by atoms with Crippen molar-refractivity contribution >= 4 is 17.9 Å². The molecule has 0 aliphatic carbocycles. The molecule has 0 spiro atoms. The molecule has 0 fully saturated rings. The monoisotopic (exact) mass is 176 g/mol. The lowest BCUT2D eigenvalue weighted by molar-refractivity contribution is -0.174. The lowest BCUT2D eigenvalue weighted by Crippen LogP contribution is -2.34. The lowest BCUT2D eigenvalue weighted by Gasteiger charge is -2.07. The minimum atomic E-state index is -2.10. The molecule has 0 rings (SSSR count). The van der Waals surface area contributed by atoms with Gasteiger partial charge in [-0.2, -0.15) is 0 Å². The molecule has 0 heterocycles. The van der Waals surface area contributed by atoms with Crippen LogP contribution in [0.15, 0.2) is 0 Å². The minimum Gasteiger partial charge on any atom is -0.478 e. The Kier molecular flexibility index (Phi) is 3.75. The first-order chi connectivity index (χ1) is 5.49. The molecule has 0 aliphatic rings. The van der Waals surface area contributed by atoms with Gasteiger partial charge in [0.15, 0.2) is 0 Å². The van der Waals surface area contributed by atoms with Gasteiger partial charge in [-0.1, -0.05) is 6.92 Å². The SMILES string of the molecule is CCC(=O)OC(C(=O)O)C(=O)O. The molecule has 0 radical (unpaired) electrons. The summed E-state index contributed by atoms with van der Waals surface area (Å²) >= 11 is 0. The number of ether oxygens (including phenoxy) is 1. The second-order valence-electron chi connectivity index (χ2n) is 1.90. The van der Waals surface area contributed by atoms with Gasteiger partial charge in [0.05, 0.1) is 0 Å². The fraction of sp³-hybridized carbons (Fsp3) is 0.500. The maximum Gasteiger partial charge on any atom is 0.356 e. The third kappa shape index (κ3) is 3.00. The van der Waals surface area contributed by atoms with E-state index in [0.717, 1.165) is 0 Å². The first-order valence-electron chi connectivity index (χ1n) is 3.14. The Morgan fingerprint density at radius 2 is 1.67 bits per heavy atom. The highest BCUT2D eigenvalue weighted by atomic mass is 16.6. The van der Waals surface area contributed by atoms with Crippen LogP contribution in [0.5, 0.6) is 0 Å². The van der Waals surface area contributed by atoms with Crippen LogP contribution in [0.2, 0.25) is 0 Å². The van der Waals surface area contributed by atoms with Crippen molar-refractivity contribution in [1.82, 2.24) is 0 Å². The summed E-state index contributed by atoms with van der Waals surface area (Å²) in [6.45, 7) is 1.43. The van der Waals surface area contributed by atoms with E-state index in [4.69, 9.17) is 10.2 Å². The van der Waals surface area contributed by atoms with Crippen molar-refractivity contribution in [3.8, 4) is 0 Å². The van der Waals surface area contributed by atoms with Gasteiger partial charge in [0.25, 0.3) is 6.10 Å². The molecule has 0 unspecified atom stereocenters. The van der Waals surface area contributed by atoms with Gasteiger partial charge in [0, 0.05) is 6.42 Å². The Morgan fingerprint density at radius 3 is 1.92 bits per heavy atom. The number of esters is 1. The molecule has 68 valence electrons. The molecule has 0 saturated heterocycles. The van der Waals surface area contributed by atoms with E-state index in [9.17, 15) is 14.4 Å². The van der Waals surface area contributed by atoms with Crippen LogP contribution in [0.3, 0.4) is 0 Å². The van der Waals surface area contributed by atoms with Crippen LogP contribution in [0.25, 0.3) is 0 Å². The van der Waals surface area contributed by atoms with Gasteiger partial charge in [-0.3, -0.25) is 4.79 Å². The third-order valence-electron chi connectivity index (χ3n) is 0.987. The van der Waals surface area contributed by atoms with Crippen LogP contribution < -0.4 is 0 Å². The quantitative estimate of drug-likeness (QED) is 0.441. The Morgan fingerprint density at radius 1 is 1.25 bits per heavy atom. The van der Waals surface area contributed by atoms with Crippen molar-refractivity contribution in [1.29, 1.82) is 0 Å². The maximum absolute atomic E-state index is 10.5. The Labute approximate surface area is 67.8 Å². The molecule has 0 aromatic heterocycles. The zero-order valence-electron chi connectivity index (χ0n) is 6.31. The summed E-state index contributed by atoms with van der Waals surface area (Å²) in [6.07, 6.45) is -2.16. The van der Waals surface area contributed by atoms with Crippen LogP contribution in [-0.2, 0) is 19.1 Å². The van der Waals surface area contributed by atoms with Crippen LogP contribution in [-0.4, -0.2) is 34.2 Å². The Hall–Kier alpha value is -1.59. The maximum atomic E-state index is 10.5. The number of carbonyl (C=O) groups is 3. The molecule has 0 aromatic rings. The summed E-state index contributed by atoms with van der Waals surface area (Å²) in [4.78, 5) is 30.8. The summed E-state index contributed by atoms with van der Waals surface area (Å²) in [5, 5.41) is 16.5. The van der Waals surface area contributed by atoms with Crippen molar-refractivity contribution < 1.29 is 29.3 Å². The number of rotatable bonds is 4. The van der Waals surface area contributed by atoms with E-state index in [2.05, 4.69) is 4.74 Å². The first-order valence-corrected chi connectivity index (χ1v) is 3.14. The molecular weight excluding hydrogens is 168 g/mol. The predicted molar refractivity (Wildman–Crippen MR) is 35.4 cm³/mol. The van der Waals surface area contributed by atoms with E-state index in [-0.39, 0.29) is 6.42 Å². The standard InChI is InChI=1S/C6H8O6/c1-2-3(7)12-4(5(8)9)6(10)11/h4H,2H2,1H3,(H,8,9)(H,10,11). The second kappa shape index (κ2) is 4.32. The number of carboxylic acid groups (broad SMARTS) is 2. The second-order valence-corrected chi connectivity index (χ2v) is 1.90. The van der Waals surface area contributed by atoms with Crippen molar-refractivity contribution in [3.63, 3.8) is 0 Å². The van der Waals surface area contributed by atoms with Gasteiger partial charge in [0.1, 0.15) is 0 Å². The topological polar surface area (TPSA) is 101 Å². The van der Waals surface area contributed by atoms with Crippen molar-refractivity contribution in [2.24, 2.45) is 0 Å². The zero-order chi connectivity index (χ0) is 9.72. The average molecular weight is 176 g/mol. The van der Waals surface area contributed by atoms with Crippen molar-refractivity contribution in [3.05, 3.63) is 0 Å². The highest BCUT2D eigenvalue weighted by Gasteiger charge is 2.29. The zero-order valence-corrected chi connectivity index (χ0v) is 6.31. The van der Waals surface area contributed by atoms with Gasteiger partial charge in [-0.25, -0.2) is 9.59 Å². The summed E-state index contributed by atoms with van der Waals surface area (Å²) in [6, 6.07) is 0. The van der Waals surface area contributed by atoms with Crippen LogP contribution in [0.4, 0.5) is 0 Å². The van der Waals surface area contributed by atoms with Gasteiger partial charge in [0.2, 0.25) is 0 Å². The van der Waals surface area contributed by atoms with E-state index >= 15 is 0 Å². The van der Waals surface area contributed by atoms with E-state index in [1.807, 2.05) is 0 Å². The Bertz CT molecular complexity index is 194. The highest BCUT2D eigenvalue weighted by Crippen LogP contribution is 1.95. The van der Waals surface area contributed by atoms with E-state index in [1.165, 1.54) is 6.92 Å². The molecule has 0 aliphatic heterocycles. The number of carboxylic acids is 2. The lowest BCUT2D eigenvalue weighted by atomic mass is 10.3. The van der Waals surface area contributed by atoms with Crippen LogP contribution in [0.1, 0.15) is 13.3 Å². The molecule has 0 saturated carbocycles. The molecule has 12 heavy (non-hydrogen) atoms. The number of hydrogen-bond acceptors (Lipinski definition) is 4. The van der Waals surface area contributed by atoms with Crippen molar-refractivity contribution in [2.45, 2.75) is 19.4 Å². The third-order valence-corrected chi connectivity index (χ3v) is 0.987. The molecule has 0 amide bonds. The minimum absolute atomic E-state index is 0.0585. The largest absolute Gasteiger partial charge is 0.478 e. The predicted octanol–water partition coefficient (Wildman–Crippen LogP) is -0.523. The molecule has 6 heteroatoms. The summed E-state index contributed by atoms with van der Waals surface area (Å²) in [7, 11) is 0. The first kappa shape index (κ1) is 10.4. The smallest absolute Gasteiger partial charge is 0.356 e. The van der Waals surface area contributed by atoms with Gasteiger partial charge < -0.3 is 14.9 Å². The van der Waals surface area contributed by atoms with Crippen LogP contribution >= 0.6 is 0 Å². The van der Waals surface area contributed by atoms with Gasteiger partial charge >= 0.3 is 17.9 Å². The number of carbonyl (C=O) groups excluding carboxylic acids is 1. The summed E-state index contributed by atoms with van der Waals surface area (Å²) in [5.74, 6) is -4.24. The Balaban J connectivity index is 4.24. The molecular formula is C6H8O6. The molecule has 2 N–H and O–H groups in total. The molecule has 0 atom stereocenters. The normalized spacial score (nSPS) is 9.50. The van der Waals surface area contributed by atoms with E-state index in [0.29, 0.717) is 0 Å². The van der Waals surface area contributed by atoms with E-state index < -0.39 is 24.0 Å². The number of hydrogen-bond donors (Lipinski definition) is 2. The van der Waals surface area contributed by atoms with Gasteiger partial charge in [-0.15, -0.1) is 0 Å². The highest BCUT2D eigenvalue weighted by molar-refractivity contribution is 5.97. The fourth-order valence-electron chi connectivity index (χ4n) is 0.421. The van der Waals surface area contributed by atoms with E-state index in [1.54, 1.807) is 0 Å². The number of aliphatic carboxylic acids is 2. The van der Waals surface area contributed by atoms with Crippen molar-refractivity contribution in [2.75, 3.05) is 0 Å². The molecule has 0 aromatic carbocycles.